The number of amides is 2. The molecule has 1 heterocycles. The Morgan fingerprint density at radius 2 is 1.64 bits per heavy atom. The first-order valence-corrected chi connectivity index (χ1v) is 9.37. The topological polar surface area (TPSA) is 78.7 Å². The number of carbonyl (C=O) groups excluding carboxylic acids is 2. The maximum atomic E-state index is 12.9. The molecule has 148 valence electrons. The lowest BCUT2D eigenvalue weighted by Crippen LogP contribution is -2.50. The summed E-state index contributed by atoms with van der Waals surface area (Å²) in [6.45, 7) is 2.64. The lowest BCUT2D eigenvalue weighted by Gasteiger charge is -2.34. The summed E-state index contributed by atoms with van der Waals surface area (Å²) in [5.41, 5.74) is 7.66. The molecule has 1 aliphatic heterocycles. The molecule has 0 aliphatic carbocycles. The first kappa shape index (κ1) is 20.0. The standard InChI is InChI=1S/C21H25FN4O2/c22-17-6-8-18(9-7-17)24-20(27)15-25-10-12-26(13-11-25)21(28)14-19(23)16-4-2-1-3-5-16/h1-9,19H,10-15,23H2,(H,24,27). The molecule has 3 rings (SSSR count). The molecule has 0 spiro atoms. The van der Waals surface area contributed by atoms with Gasteiger partial charge in [0.25, 0.3) is 0 Å². The Morgan fingerprint density at radius 3 is 2.29 bits per heavy atom. The van der Waals surface area contributed by atoms with E-state index in [9.17, 15) is 14.0 Å². The van der Waals surface area contributed by atoms with Gasteiger partial charge in [-0.3, -0.25) is 14.5 Å². The van der Waals surface area contributed by atoms with E-state index < -0.39 is 0 Å². The van der Waals surface area contributed by atoms with Crippen LogP contribution in [0.5, 0.6) is 0 Å². The van der Waals surface area contributed by atoms with Gasteiger partial charge in [0.1, 0.15) is 5.82 Å². The van der Waals surface area contributed by atoms with Crippen molar-refractivity contribution in [3.63, 3.8) is 0 Å². The Morgan fingerprint density at radius 1 is 1.00 bits per heavy atom. The maximum Gasteiger partial charge on any atom is 0.238 e. The Hall–Kier alpha value is -2.77. The van der Waals surface area contributed by atoms with Gasteiger partial charge in [0.15, 0.2) is 0 Å². The van der Waals surface area contributed by atoms with Crippen LogP contribution in [-0.2, 0) is 9.59 Å². The van der Waals surface area contributed by atoms with Crippen molar-refractivity contribution in [3.05, 3.63) is 66.0 Å². The molecule has 0 aromatic heterocycles. The number of nitrogens with two attached hydrogens (primary N) is 1. The highest BCUT2D eigenvalue weighted by atomic mass is 19.1. The monoisotopic (exact) mass is 384 g/mol. The Bertz CT molecular complexity index is 790. The Labute approximate surface area is 164 Å². The molecule has 1 fully saturated rings. The highest BCUT2D eigenvalue weighted by Crippen LogP contribution is 2.16. The molecule has 28 heavy (non-hydrogen) atoms. The minimum Gasteiger partial charge on any atom is -0.340 e. The smallest absolute Gasteiger partial charge is 0.238 e. The quantitative estimate of drug-likeness (QED) is 0.799. The van der Waals surface area contributed by atoms with E-state index in [0.29, 0.717) is 31.9 Å². The third-order valence-electron chi connectivity index (χ3n) is 4.84. The zero-order chi connectivity index (χ0) is 19.9. The van der Waals surface area contributed by atoms with Gasteiger partial charge in [0.2, 0.25) is 11.8 Å². The number of halogens is 1. The van der Waals surface area contributed by atoms with Crippen LogP contribution in [0.4, 0.5) is 10.1 Å². The van der Waals surface area contributed by atoms with Gasteiger partial charge in [-0.25, -0.2) is 4.39 Å². The minimum absolute atomic E-state index is 0.0340. The third kappa shape index (κ3) is 5.61. The number of carbonyl (C=O) groups is 2. The van der Waals surface area contributed by atoms with Crippen LogP contribution in [0.1, 0.15) is 18.0 Å². The van der Waals surface area contributed by atoms with Gasteiger partial charge in [0.05, 0.1) is 6.54 Å². The van der Waals surface area contributed by atoms with E-state index in [2.05, 4.69) is 5.32 Å². The molecule has 0 radical (unpaired) electrons. The van der Waals surface area contributed by atoms with Crippen molar-refractivity contribution in [1.29, 1.82) is 0 Å². The van der Waals surface area contributed by atoms with Crippen molar-refractivity contribution >= 4 is 17.5 Å². The zero-order valence-corrected chi connectivity index (χ0v) is 15.7. The molecule has 1 aliphatic rings. The number of nitrogens with one attached hydrogen (secondary N) is 1. The van der Waals surface area contributed by atoms with Gasteiger partial charge in [-0.1, -0.05) is 30.3 Å². The largest absolute Gasteiger partial charge is 0.340 e. The maximum absolute atomic E-state index is 12.9. The zero-order valence-electron chi connectivity index (χ0n) is 15.7. The van der Waals surface area contributed by atoms with E-state index >= 15 is 0 Å². The van der Waals surface area contributed by atoms with E-state index in [0.717, 1.165) is 5.56 Å². The first-order chi connectivity index (χ1) is 13.5. The van der Waals surface area contributed by atoms with E-state index in [1.54, 1.807) is 4.90 Å². The summed E-state index contributed by atoms with van der Waals surface area (Å²) in [6.07, 6.45) is 0.273. The van der Waals surface area contributed by atoms with Gasteiger partial charge in [-0.05, 0) is 29.8 Å². The number of anilines is 1. The van der Waals surface area contributed by atoms with Crippen molar-refractivity contribution < 1.29 is 14.0 Å². The normalized spacial score (nSPS) is 15.9. The number of hydrogen-bond acceptors (Lipinski definition) is 4. The summed E-state index contributed by atoms with van der Waals surface area (Å²) in [6, 6.07) is 15.0. The summed E-state index contributed by atoms with van der Waals surface area (Å²) in [7, 11) is 0. The number of nitrogens with zero attached hydrogens (tertiary/aromatic N) is 2. The van der Waals surface area contributed by atoms with Crippen molar-refractivity contribution in [3.8, 4) is 0 Å². The van der Waals surface area contributed by atoms with Gasteiger partial charge in [0, 0.05) is 44.3 Å². The average molecular weight is 384 g/mol. The van der Waals surface area contributed by atoms with Crippen molar-refractivity contribution in [2.75, 3.05) is 38.0 Å². The molecular weight excluding hydrogens is 359 g/mol. The van der Waals surface area contributed by atoms with E-state index in [1.807, 2.05) is 35.2 Å². The average Bonchev–Trinajstić information content (AvgIpc) is 2.71. The first-order valence-electron chi connectivity index (χ1n) is 9.37. The van der Waals surface area contributed by atoms with E-state index in [4.69, 9.17) is 5.73 Å². The van der Waals surface area contributed by atoms with Crippen molar-refractivity contribution in [1.82, 2.24) is 9.80 Å². The predicted molar refractivity (Wildman–Crippen MR) is 106 cm³/mol. The summed E-state index contributed by atoms with van der Waals surface area (Å²) in [5, 5.41) is 2.75. The molecule has 7 heteroatoms. The highest BCUT2D eigenvalue weighted by Gasteiger charge is 2.24. The third-order valence-corrected chi connectivity index (χ3v) is 4.84. The van der Waals surface area contributed by atoms with Gasteiger partial charge in [-0.15, -0.1) is 0 Å². The molecule has 2 amide bonds. The van der Waals surface area contributed by atoms with Crippen LogP contribution >= 0.6 is 0 Å². The number of hydrogen-bond donors (Lipinski definition) is 2. The molecule has 2 aromatic rings. The Balaban J connectivity index is 1.41. The van der Waals surface area contributed by atoms with Crippen molar-refractivity contribution in [2.24, 2.45) is 5.73 Å². The highest BCUT2D eigenvalue weighted by molar-refractivity contribution is 5.92. The van der Waals surface area contributed by atoms with Crippen molar-refractivity contribution in [2.45, 2.75) is 12.5 Å². The van der Waals surface area contributed by atoms with E-state index in [-0.39, 0.29) is 36.6 Å². The second-order valence-corrected chi connectivity index (χ2v) is 6.93. The number of piperazine rings is 1. The molecule has 6 nitrogen and oxygen atoms in total. The second-order valence-electron chi connectivity index (χ2n) is 6.93. The predicted octanol–water partition coefficient (Wildman–Crippen LogP) is 2.00. The fraction of sp³-hybridized carbons (Fsp3) is 0.333. The van der Waals surface area contributed by atoms with Crippen LogP contribution in [-0.4, -0.2) is 54.3 Å². The second kappa shape index (κ2) is 9.43. The van der Waals surface area contributed by atoms with Gasteiger partial charge < -0.3 is 16.0 Å². The molecule has 3 N–H and O–H groups in total. The van der Waals surface area contributed by atoms with Crippen LogP contribution in [0.2, 0.25) is 0 Å². The van der Waals surface area contributed by atoms with Gasteiger partial charge >= 0.3 is 0 Å². The summed E-state index contributed by atoms with van der Waals surface area (Å²) in [4.78, 5) is 28.4. The fourth-order valence-electron chi connectivity index (χ4n) is 3.23. The van der Waals surface area contributed by atoms with Crippen LogP contribution in [0.3, 0.4) is 0 Å². The molecular formula is C21H25FN4O2. The molecule has 2 aromatic carbocycles. The summed E-state index contributed by atoms with van der Waals surface area (Å²) >= 11 is 0. The lowest BCUT2D eigenvalue weighted by atomic mass is 10.0. The minimum atomic E-state index is -0.342. The van der Waals surface area contributed by atoms with E-state index in [1.165, 1.54) is 24.3 Å². The van der Waals surface area contributed by atoms with Gasteiger partial charge in [-0.2, -0.15) is 0 Å². The van der Waals surface area contributed by atoms with Crippen LogP contribution < -0.4 is 11.1 Å². The Kier molecular flexibility index (Phi) is 6.73. The fourth-order valence-corrected chi connectivity index (χ4v) is 3.23. The molecule has 1 unspecified atom stereocenters. The lowest BCUT2D eigenvalue weighted by molar-refractivity contribution is -0.133. The van der Waals surface area contributed by atoms with Crippen LogP contribution in [0.15, 0.2) is 54.6 Å². The molecule has 1 atom stereocenters. The summed E-state index contributed by atoms with van der Waals surface area (Å²) < 4.78 is 12.9. The van der Waals surface area contributed by atoms with Crippen LogP contribution in [0.25, 0.3) is 0 Å². The number of rotatable bonds is 6. The summed E-state index contributed by atoms with van der Waals surface area (Å²) in [5.74, 6) is -0.463. The molecule has 1 saturated heterocycles. The molecule has 0 saturated carbocycles. The van der Waals surface area contributed by atoms with Crippen LogP contribution in [0, 0.1) is 5.82 Å². The number of benzene rings is 2. The SMILES string of the molecule is NC(CC(=O)N1CCN(CC(=O)Nc2ccc(F)cc2)CC1)c1ccccc1. The molecule has 0 bridgehead atoms.